The van der Waals surface area contributed by atoms with Crippen LogP contribution in [0.25, 0.3) is 5.57 Å². The van der Waals surface area contributed by atoms with Crippen LogP contribution in [0, 0.1) is 18.8 Å². The average molecular weight is 445 g/mol. The van der Waals surface area contributed by atoms with Gasteiger partial charge in [0.15, 0.2) is 0 Å². The van der Waals surface area contributed by atoms with E-state index < -0.39 is 0 Å². The topological polar surface area (TPSA) is 39.3 Å². The highest BCUT2D eigenvalue weighted by Gasteiger charge is 2.19. The minimum absolute atomic E-state index is 0.783. The number of piperidine rings is 1. The molecule has 0 spiro atoms. The summed E-state index contributed by atoms with van der Waals surface area (Å²) < 4.78 is 0. The Balaban J connectivity index is 1.31. The molecular weight excluding hydrogens is 404 g/mol. The van der Waals surface area contributed by atoms with Crippen LogP contribution in [-0.2, 0) is 6.54 Å². The van der Waals surface area contributed by atoms with E-state index in [1.807, 2.05) is 0 Å². The van der Waals surface area contributed by atoms with Gasteiger partial charge < -0.3 is 20.9 Å². The smallest absolute Gasteiger partial charge is 0.0406 e. The number of fused-ring (bicyclic) bond motifs is 1. The second kappa shape index (κ2) is 10.9. The zero-order chi connectivity index (χ0) is 23.2. The highest BCUT2D eigenvalue weighted by atomic mass is 15.1. The first-order chi connectivity index (χ1) is 16.0. The van der Waals surface area contributed by atoms with Crippen molar-refractivity contribution in [3.05, 3.63) is 77.6 Å². The van der Waals surface area contributed by atoms with Crippen molar-refractivity contribution >= 4 is 16.9 Å². The van der Waals surface area contributed by atoms with Crippen LogP contribution in [0.3, 0.4) is 0 Å². The van der Waals surface area contributed by atoms with E-state index in [4.69, 9.17) is 0 Å². The largest absolute Gasteiger partial charge is 0.381 e. The monoisotopic (exact) mass is 444 g/mol. The fourth-order valence-corrected chi connectivity index (χ4v) is 4.74. The van der Waals surface area contributed by atoms with Crippen molar-refractivity contribution in [1.82, 2.24) is 10.6 Å². The molecule has 2 aliphatic heterocycles. The molecule has 33 heavy (non-hydrogen) atoms. The lowest BCUT2D eigenvalue weighted by atomic mass is 9.93. The molecule has 0 bridgehead atoms. The molecule has 0 unspecified atom stereocenters. The molecule has 176 valence electrons. The Morgan fingerprint density at radius 1 is 1.12 bits per heavy atom. The van der Waals surface area contributed by atoms with Crippen LogP contribution in [0.2, 0.25) is 0 Å². The van der Waals surface area contributed by atoms with Gasteiger partial charge in [-0.1, -0.05) is 44.2 Å². The van der Waals surface area contributed by atoms with Crippen molar-refractivity contribution in [2.45, 2.75) is 46.6 Å². The molecule has 2 aromatic rings. The van der Waals surface area contributed by atoms with Gasteiger partial charge >= 0.3 is 0 Å². The molecule has 0 aromatic heterocycles. The predicted molar refractivity (Wildman–Crippen MR) is 142 cm³/mol. The minimum Gasteiger partial charge on any atom is -0.381 e. The number of benzene rings is 2. The van der Waals surface area contributed by atoms with E-state index in [1.54, 1.807) is 0 Å². The summed E-state index contributed by atoms with van der Waals surface area (Å²) in [5, 5.41) is 10.6. The van der Waals surface area contributed by atoms with Gasteiger partial charge in [-0.25, -0.2) is 0 Å². The van der Waals surface area contributed by atoms with Gasteiger partial charge in [-0.15, -0.1) is 0 Å². The van der Waals surface area contributed by atoms with E-state index in [0.29, 0.717) is 0 Å². The van der Waals surface area contributed by atoms with Gasteiger partial charge in [-0.05, 0) is 86.5 Å². The molecule has 3 N–H and O–H groups in total. The van der Waals surface area contributed by atoms with E-state index in [2.05, 4.69) is 96.9 Å². The quantitative estimate of drug-likeness (QED) is 0.442. The summed E-state index contributed by atoms with van der Waals surface area (Å²) in [6.07, 6.45) is 5.90. The summed E-state index contributed by atoms with van der Waals surface area (Å²) in [5.41, 5.74) is 8.38. The number of anilines is 2. The highest BCUT2D eigenvalue weighted by Crippen LogP contribution is 2.30. The second-order valence-corrected chi connectivity index (χ2v) is 10.1. The Bertz CT molecular complexity index is 966. The molecule has 1 fully saturated rings. The van der Waals surface area contributed by atoms with Crippen molar-refractivity contribution in [3.63, 3.8) is 0 Å². The number of rotatable bonds is 8. The Morgan fingerprint density at radius 2 is 1.88 bits per heavy atom. The van der Waals surface area contributed by atoms with E-state index in [1.165, 1.54) is 48.2 Å². The van der Waals surface area contributed by atoms with Gasteiger partial charge in [0.05, 0.1) is 0 Å². The standard InChI is InChI=1S/C29H40N4/c1-21(2)11-14-30-18-24-12-15-33(16-13-24)27-9-7-26(8-10-27)32-20-29-23(4)31-19-25-6-5-22(3)17-28(25)29/h5-10,17,20-21,24,30-32H,4,11-16,18-19H2,1-3H3/b29-20+. The fraction of sp³-hybridized carbons (Fsp3) is 0.448. The van der Waals surface area contributed by atoms with Crippen LogP contribution >= 0.6 is 0 Å². The fourth-order valence-electron chi connectivity index (χ4n) is 4.74. The lowest BCUT2D eigenvalue weighted by molar-refractivity contribution is 0.377. The van der Waals surface area contributed by atoms with Gasteiger partial charge in [0, 0.05) is 48.5 Å². The van der Waals surface area contributed by atoms with E-state index in [0.717, 1.165) is 55.0 Å². The van der Waals surface area contributed by atoms with Crippen molar-refractivity contribution in [2.75, 3.05) is 36.4 Å². The van der Waals surface area contributed by atoms with Crippen LogP contribution in [0.1, 0.15) is 49.8 Å². The highest BCUT2D eigenvalue weighted by molar-refractivity contribution is 5.82. The summed E-state index contributed by atoms with van der Waals surface area (Å²) in [7, 11) is 0. The normalized spacial score (nSPS) is 17.9. The Hall–Kier alpha value is -2.72. The maximum absolute atomic E-state index is 4.22. The molecule has 4 rings (SSSR count). The summed E-state index contributed by atoms with van der Waals surface area (Å²) in [6, 6.07) is 15.5. The molecule has 0 saturated carbocycles. The lowest BCUT2D eigenvalue weighted by Gasteiger charge is -2.34. The van der Waals surface area contributed by atoms with Gasteiger partial charge in [-0.2, -0.15) is 0 Å². The first-order valence-electron chi connectivity index (χ1n) is 12.5. The van der Waals surface area contributed by atoms with Crippen LogP contribution in [0.5, 0.6) is 0 Å². The molecule has 0 amide bonds. The summed E-state index contributed by atoms with van der Waals surface area (Å²) >= 11 is 0. The van der Waals surface area contributed by atoms with Crippen LogP contribution in [0.15, 0.2) is 60.9 Å². The zero-order valence-corrected chi connectivity index (χ0v) is 20.6. The van der Waals surface area contributed by atoms with Crippen molar-refractivity contribution < 1.29 is 0 Å². The SMILES string of the molecule is C=C1NCc2ccc(C)cc2/C1=C/Nc1ccc(N2CCC(CNCCC(C)C)CC2)cc1. The van der Waals surface area contributed by atoms with Crippen LogP contribution in [-0.4, -0.2) is 26.2 Å². The Labute approximate surface area is 200 Å². The number of aryl methyl sites for hydroxylation is 1. The first kappa shape index (κ1) is 23.4. The summed E-state index contributed by atoms with van der Waals surface area (Å²) in [4.78, 5) is 2.53. The second-order valence-electron chi connectivity index (χ2n) is 10.1. The van der Waals surface area contributed by atoms with Crippen LogP contribution in [0.4, 0.5) is 11.4 Å². The third kappa shape index (κ3) is 6.20. The zero-order valence-electron chi connectivity index (χ0n) is 20.6. The van der Waals surface area contributed by atoms with Crippen molar-refractivity contribution in [2.24, 2.45) is 11.8 Å². The van der Waals surface area contributed by atoms with E-state index in [9.17, 15) is 0 Å². The van der Waals surface area contributed by atoms with Gasteiger partial charge in [0.2, 0.25) is 0 Å². The molecule has 1 saturated heterocycles. The predicted octanol–water partition coefficient (Wildman–Crippen LogP) is 5.92. The number of hydrogen-bond acceptors (Lipinski definition) is 4. The van der Waals surface area contributed by atoms with Gasteiger partial charge in [-0.3, -0.25) is 0 Å². The number of allylic oxidation sites excluding steroid dienone is 1. The molecule has 0 atom stereocenters. The molecule has 0 radical (unpaired) electrons. The molecule has 4 nitrogen and oxygen atoms in total. The molecule has 4 heteroatoms. The maximum atomic E-state index is 4.22. The van der Waals surface area contributed by atoms with Crippen molar-refractivity contribution in [1.29, 1.82) is 0 Å². The lowest BCUT2D eigenvalue weighted by Crippen LogP contribution is -2.37. The Kier molecular flexibility index (Phi) is 7.77. The molecule has 2 heterocycles. The minimum atomic E-state index is 0.783. The molecule has 0 aliphatic carbocycles. The molecule has 2 aromatic carbocycles. The number of nitrogens with zero attached hydrogens (tertiary/aromatic N) is 1. The number of nitrogens with one attached hydrogen (secondary N) is 3. The van der Waals surface area contributed by atoms with Gasteiger partial charge in [0.1, 0.15) is 0 Å². The molecular formula is C29H40N4. The van der Waals surface area contributed by atoms with Gasteiger partial charge in [0.25, 0.3) is 0 Å². The van der Waals surface area contributed by atoms with E-state index >= 15 is 0 Å². The van der Waals surface area contributed by atoms with E-state index in [-0.39, 0.29) is 0 Å². The first-order valence-corrected chi connectivity index (χ1v) is 12.5. The summed E-state index contributed by atoms with van der Waals surface area (Å²) in [6.45, 7) is 16.4. The number of hydrogen-bond donors (Lipinski definition) is 3. The van der Waals surface area contributed by atoms with Crippen LogP contribution < -0.4 is 20.9 Å². The average Bonchev–Trinajstić information content (AvgIpc) is 2.82. The summed E-state index contributed by atoms with van der Waals surface area (Å²) in [5.74, 6) is 1.59. The third-order valence-electron chi connectivity index (χ3n) is 6.93. The maximum Gasteiger partial charge on any atom is 0.0406 e. The van der Waals surface area contributed by atoms with Crippen molar-refractivity contribution in [3.8, 4) is 0 Å². The molecule has 2 aliphatic rings. The Morgan fingerprint density at radius 3 is 2.61 bits per heavy atom. The third-order valence-corrected chi connectivity index (χ3v) is 6.93.